The maximum absolute atomic E-state index is 4.14. The molecule has 0 bridgehead atoms. The fourth-order valence-corrected chi connectivity index (χ4v) is 1.10. The van der Waals surface area contributed by atoms with Crippen LogP contribution < -0.4 is 0 Å². The molecule has 0 aliphatic carbocycles. The second-order valence-corrected chi connectivity index (χ2v) is 2.76. The first-order valence-electron chi connectivity index (χ1n) is 2.85. The van der Waals surface area contributed by atoms with Gasteiger partial charge in [0.25, 0.3) is 0 Å². The van der Waals surface area contributed by atoms with Gasteiger partial charge in [0.1, 0.15) is 0 Å². The van der Waals surface area contributed by atoms with Crippen LogP contribution in [0.4, 0.5) is 0 Å². The lowest BCUT2D eigenvalue weighted by Crippen LogP contribution is -1.84. The molecular weight excluding hydrogens is 260 g/mol. The van der Waals surface area contributed by atoms with Gasteiger partial charge in [0.15, 0.2) is 0 Å². The summed E-state index contributed by atoms with van der Waals surface area (Å²) < 4.78 is 1.96. The second kappa shape index (κ2) is 4.91. The first kappa shape index (κ1) is 10.2. The number of rotatable bonds is 2. The highest BCUT2D eigenvalue weighted by atomic mass is 79.9. The highest BCUT2D eigenvalue weighted by molar-refractivity contribution is 9.09. The lowest BCUT2D eigenvalue weighted by Gasteiger charge is -1.85. The molecule has 0 saturated carbocycles. The molecule has 0 radical (unpaired) electrons. The molecule has 0 unspecified atom stereocenters. The number of aryl methyl sites for hydroxylation is 2. The van der Waals surface area contributed by atoms with E-state index in [0.717, 1.165) is 17.4 Å². The molecular formula is C6H10Br2N2. The van der Waals surface area contributed by atoms with Gasteiger partial charge in [-0.05, 0) is 0 Å². The van der Waals surface area contributed by atoms with Crippen molar-refractivity contribution in [1.82, 2.24) is 9.55 Å². The Morgan fingerprint density at radius 1 is 1.70 bits per heavy atom. The van der Waals surface area contributed by atoms with Crippen LogP contribution in [0.15, 0.2) is 12.5 Å². The van der Waals surface area contributed by atoms with E-state index < -0.39 is 0 Å². The molecule has 1 aromatic heterocycles. The lowest BCUT2D eigenvalue weighted by atomic mass is 10.4. The molecule has 0 aromatic carbocycles. The molecule has 10 heavy (non-hydrogen) atoms. The summed E-state index contributed by atoms with van der Waals surface area (Å²) in [4.78, 5) is 4.14. The molecule has 0 atom stereocenters. The summed E-state index contributed by atoms with van der Waals surface area (Å²) in [5.41, 5.74) is 1.15. The SMILES string of the molecule is Br.Cn1cnc(CCBr)c1. The summed E-state index contributed by atoms with van der Waals surface area (Å²) in [5, 5.41) is 0.990. The predicted octanol–water partition coefficient (Wildman–Crippen LogP) is 1.94. The minimum Gasteiger partial charge on any atom is -0.340 e. The van der Waals surface area contributed by atoms with Crippen LogP contribution in [0.25, 0.3) is 0 Å². The maximum atomic E-state index is 4.14. The fraction of sp³-hybridized carbons (Fsp3) is 0.500. The van der Waals surface area contributed by atoms with E-state index >= 15 is 0 Å². The van der Waals surface area contributed by atoms with E-state index in [1.54, 1.807) is 0 Å². The van der Waals surface area contributed by atoms with Gasteiger partial charge in [-0.3, -0.25) is 0 Å². The van der Waals surface area contributed by atoms with Gasteiger partial charge < -0.3 is 4.57 Å². The Balaban J connectivity index is 0.000000810. The van der Waals surface area contributed by atoms with Crippen molar-refractivity contribution in [2.75, 3.05) is 5.33 Å². The molecule has 0 spiro atoms. The van der Waals surface area contributed by atoms with E-state index in [0.29, 0.717) is 0 Å². The van der Waals surface area contributed by atoms with Crippen LogP contribution in [0.1, 0.15) is 5.69 Å². The lowest BCUT2D eigenvalue weighted by molar-refractivity contribution is 0.912. The van der Waals surface area contributed by atoms with Crippen molar-refractivity contribution < 1.29 is 0 Å². The second-order valence-electron chi connectivity index (χ2n) is 1.97. The molecule has 1 rings (SSSR count). The summed E-state index contributed by atoms with van der Waals surface area (Å²) in [6.45, 7) is 0. The zero-order valence-electron chi connectivity index (χ0n) is 5.75. The van der Waals surface area contributed by atoms with Crippen molar-refractivity contribution in [2.45, 2.75) is 6.42 Å². The van der Waals surface area contributed by atoms with Gasteiger partial charge >= 0.3 is 0 Å². The molecule has 4 heteroatoms. The van der Waals surface area contributed by atoms with Gasteiger partial charge in [-0.25, -0.2) is 4.98 Å². The third kappa shape index (κ3) is 2.84. The van der Waals surface area contributed by atoms with E-state index in [4.69, 9.17) is 0 Å². The quantitative estimate of drug-likeness (QED) is 0.751. The summed E-state index contributed by atoms with van der Waals surface area (Å²) in [6, 6.07) is 0. The number of hydrogen-bond donors (Lipinski definition) is 0. The molecule has 0 saturated heterocycles. The number of aromatic nitrogens is 2. The van der Waals surface area contributed by atoms with Gasteiger partial charge in [0, 0.05) is 25.0 Å². The number of imidazole rings is 1. The van der Waals surface area contributed by atoms with Gasteiger partial charge in [-0.1, -0.05) is 15.9 Å². The Labute approximate surface area is 79.5 Å². The standard InChI is InChI=1S/C6H9BrN2.BrH/c1-9-4-6(2-3-7)8-5-9;/h4-5H,2-3H2,1H3;1H. The first-order valence-corrected chi connectivity index (χ1v) is 3.98. The Bertz CT molecular complexity index is 186. The molecule has 58 valence electrons. The third-order valence-electron chi connectivity index (χ3n) is 1.11. The Morgan fingerprint density at radius 2 is 2.40 bits per heavy atom. The van der Waals surface area contributed by atoms with Gasteiger partial charge in [-0.2, -0.15) is 0 Å². The number of hydrogen-bond acceptors (Lipinski definition) is 1. The monoisotopic (exact) mass is 268 g/mol. The predicted molar refractivity (Wildman–Crippen MR) is 51.0 cm³/mol. The normalized spacial score (nSPS) is 9.00. The summed E-state index contributed by atoms with van der Waals surface area (Å²) in [6.07, 6.45) is 4.86. The third-order valence-corrected chi connectivity index (χ3v) is 1.51. The Morgan fingerprint density at radius 3 is 2.80 bits per heavy atom. The summed E-state index contributed by atoms with van der Waals surface area (Å²) in [5.74, 6) is 0. The van der Waals surface area contributed by atoms with Gasteiger partial charge in [0.2, 0.25) is 0 Å². The van der Waals surface area contributed by atoms with Crippen molar-refractivity contribution in [1.29, 1.82) is 0 Å². The van der Waals surface area contributed by atoms with Crippen molar-refractivity contribution in [3.63, 3.8) is 0 Å². The molecule has 1 heterocycles. The number of nitrogens with zero attached hydrogens (tertiary/aromatic N) is 2. The highest BCUT2D eigenvalue weighted by Crippen LogP contribution is 1.96. The van der Waals surface area contributed by atoms with Crippen LogP contribution in [0, 0.1) is 0 Å². The molecule has 0 aliphatic rings. The fourth-order valence-electron chi connectivity index (χ4n) is 0.693. The smallest absolute Gasteiger partial charge is 0.0946 e. The largest absolute Gasteiger partial charge is 0.340 e. The van der Waals surface area contributed by atoms with Crippen LogP contribution in [-0.2, 0) is 13.5 Å². The van der Waals surface area contributed by atoms with Crippen molar-refractivity contribution in [3.05, 3.63) is 18.2 Å². The first-order chi connectivity index (χ1) is 4.33. The minimum atomic E-state index is 0. The van der Waals surface area contributed by atoms with Crippen LogP contribution >= 0.6 is 32.9 Å². The van der Waals surface area contributed by atoms with Crippen LogP contribution in [0.5, 0.6) is 0 Å². The van der Waals surface area contributed by atoms with Crippen molar-refractivity contribution in [2.24, 2.45) is 7.05 Å². The summed E-state index contributed by atoms with van der Waals surface area (Å²) >= 11 is 3.35. The van der Waals surface area contributed by atoms with Crippen molar-refractivity contribution >= 4 is 32.9 Å². The van der Waals surface area contributed by atoms with Crippen LogP contribution in [0.2, 0.25) is 0 Å². The van der Waals surface area contributed by atoms with E-state index in [9.17, 15) is 0 Å². The van der Waals surface area contributed by atoms with E-state index in [1.807, 2.05) is 24.1 Å². The Hall–Kier alpha value is 0.170. The maximum Gasteiger partial charge on any atom is 0.0946 e. The number of halogens is 2. The Kier molecular flexibility index (Phi) is 4.99. The minimum absolute atomic E-state index is 0. The molecule has 2 nitrogen and oxygen atoms in total. The number of alkyl halides is 1. The molecule has 0 aliphatic heterocycles. The zero-order chi connectivity index (χ0) is 6.69. The van der Waals surface area contributed by atoms with Crippen LogP contribution in [0.3, 0.4) is 0 Å². The topological polar surface area (TPSA) is 17.8 Å². The summed E-state index contributed by atoms with van der Waals surface area (Å²) in [7, 11) is 1.98. The van der Waals surface area contributed by atoms with E-state index in [1.165, 1.54) is 0 Å². The van der Waals surface area contributed by atoms with Gasteiger partial charge in [-0.15, -0.1) is 17.0 Å². The molecule has 0 fully saturated rings. The van der Waals surface area contributed by atoms with Gasteiger partial charge in [0.05, 0.1) is 12.0 Å². The molecule has 1 aromatic rings. The average molecular weight is 270 g/mol. The molecule has 0 N–H and O–H groups in total. The molecule has 0 amide bonds. The van der Waals surface area contributed by atoms with Crippen molar-refractivity contribution in [3.8, 4) is 0 Å². The van der Waals surface area contributed by atoms with E-state index in [-0.39, 0.29) is 17.0 Å². The highest BCUT2D eigenvalue weighted by Gasteiger charge is 1.92. The zero-order valence-corrected chi connectivity index (χ0v) is 9.05. The van der Waals surface area contributed by atoms with Crippen LogP contribution in [-0.4, -0.2) is 14.9 Å². The van der Waals surface area contributed by atoms with E-state index in [2.05, 4.69) is 20.9 Å². The average Bonchev–Trinajstić information content (AvgIpc) is 2.17.